The van der Waals surface area contributed by atoms with E-state index in [1.54, 1.807) is 21.3 Å². The predicted octanol–water partition coefficient (Wildman–Crippen LogP) is 3.12. The van der Waals surface area contributed by atoms with E-state index < -0.39 is 12.4 Å². The number of unbranched alkanes of at least 4 members (excludes halogenated alkanes) is 1. The first-order chi connectivity index (χ1) is 11.1. The van der Waals surface area contributed by atoms with Crippen LogP contribution in [0.5, 0.6) is 5.75 Å². The first kappa shape index (κ1) is 18.2. The van der Waals surface area contributed by atoms with E-state index in [0.717, 1.165) is 30.4 Å². The van der Waals surface area contributed by atoms with Gasteiger partial charge in [-0.3, -0.25) is 0 Å². The minimum absolute atomic E-state index is 0.236. The van der Waals surface area contributed by atoms with Gasteiger partial charge in [0.2, 0.25) is 0 Å². The van der Waals surface area contributed by atoms with Crippen molar-refractivity contribution >= 4 is 0 Å². The second-order valence-corrected chi connectivity index (χ2v) is 6.00. The lowest BCUT2D eigenvalue weighted by Crippen LogP contribution is -2.34. The van der Waals surface area contributed by atoms with E-state index in [9.17, 15) is 5.11 Å². The summed E-state index contributed by atoms with van der Waals surface area (Å²) in [6, 6.07) is 3.83. The fourth-order valence-corrected chi connectivity index (χ4v) is 3.20. The predicted molar refractivity (Wildman–Crippen MR) is 87.7 cm³/mol. The Hall–Kier alpha value is -1.14. The maximum absolute atomic E-state index is 10.5. The fraction of sp³-hybridized carbons (Fsp3) is 0.667. The molecule has 0 amide bonds. The van der Waals surface area contributed by atoms with Crippen molar-refractivity contribution in [2.24, 2.45) is 0 Å². The van der Waals surface area contributed by atoms with Crippen LogP contribution in [0.1, 0.15) is 42.6 Å². The third-order valence-electron chi connectivity index (χ3n) is 4.54. The van der Waals surface area contributed by atoms with Crippen LogP contribution in [0.15, 0.2) is 12.1 Å². The van der Waals surface area contributed by atoms with Crippen LogP contribution in [-0.4, -0.2) is 44.9 Å². The molecule has 0 radical (unpaired) electrons. The largest absolute Gasteiger partial charge is 0.508 e. The molecule has 5 nitrogen and oxygen atoms in total. The third kappa shape index (κ3) is 3.69. The van der Waals surface area contributed by atoms with E-state index in [1.165, 1.54) is 5.56 Å². The van der Waals surface area contributed by atoms with Gasteiger partial charge >= 0.3 is 0 Å². The van der Waals surface area contributed by atoms with Gasteiger partial charge < -0.3 is 24.1 Å². The zero-order valence-electron chi connectivity index (χ0n) is 14.7. The summed E-state index contributed by atoms with van der Waals surface area (Å²) in [6.45, 7) is 4.22. The van der Waals surface area contributed by atoms with Gasteiger partial charge in [-0.1, -0.05) is 13.3 Å². The summed E-state index contributed by atoms with van der Waals surface area (Å²) < 4.78 is 22.3. The van der Waals surface area contributed by atoms with Gasteiger partial charge in [0.1, 0.15) is 24.1 Å². The number of aryl methyl sites for hydroxylation is 2. The van der Waals surface area contributed by atoms with Gasteiger partial charge in [-0.15, -0.1) is 0 Å². The molecule has 130 valence electrons. The smallest absolute Gasteiger partial charge is 0.186 e. The van der Waals surface area contributed by atoms with Gasteiger partial charge in [0.05, 0.1) is 0 Å². The molecule has 4 unspecified atom stereocenters. The average Bonchev–Trinajstić information content (AvgIpc) is 2.92. The van der Waals surface area contributed by atoms with Crippen molar-refractivity contribution in [3.8, 4) is 5.75 Å². The van der Waals surface area contributed by atoms with Gasteiger partial charge in [-0.25, -0.2) is 0 Å². The number of ether oxygens (including phenoxy) is 4. The summed E-state index contributed by atoms with van der Waals surface area (Å²) in [4.78, 5) is 0. The first-order valence-electron chi connectivity index (χ1n) is 8.13. The molecule has 0 aliphatic carbocycles. The molecule has 1 fully saturated rings. The second-order valence-electron chi connectivity index (χ2n) is 6.00. The molecule has 0 bridgehead atoms. The summed E-state index contributed by atoms with van der Waals surface area (Å²) in [7, 11) is 4.79. The van der Waals surface area contributed by atoms with Crippen LogP contribution < -0.4 is 0 Å². The Morgan fingerprint density at radius 1 is 1.09 bits per heavy atom. The molecule has 23 heavy (non-hydrogen) atoms. The van der Waals surface area contributed by atoms with Crippen molar-refractivity contribution in [1.82, 2.24) is 0 Å². The van der Waals surface area contributed by atoms with Crippen LogP contribution >= 0.6 is 0 Å². The van der Waals surface area contributed by atoms with Crippen LogP contribution in [0.3, 0.4) is 0 Å². The molecule has 0 spiro atoms. The number of aromatic hydroxyl groups is 1. The molecular formula is C18H28O5. The molecule has 4 atom stereocenters. The third-order valence-corrected chi connectivity index (χ3v) is 4.54. The molecule has 5 heteroatoms. The van der Waals surface area contributed by atoms with Crippen LogP contribution in [0.2, 0.25) is 0 Å². The van der Waals surface area contributed by atoms with E-state index in [2.05, 4.69) is 13.8 Å². The lowest BCUT2D eigenvalue weighted by atomic mass is 9.95. The standard InChI is InChI=1S/C18H28O5/c1-6-7-8-12-10-14(19)13(9-11(12)2)15-16(20-3)17(21-4)18(22-5)23-15/h9-10,15-19H,6-8H2,1-5H3. The van der Waals surface area contributed by atoms with Gasteiger partial charge in [-0.2, -0.15) is 0 Å². The number of hydrogen-bond donors (Lipinski definition) is 1. The van der Waals surface area contributed by atoms with Crippen molar-refractivity contribution in [2.75, 3.05) is 21.3 Å². The van der Waals surface area contributed by atoms with E-state index >= 15 is 0 Å². The number of hydrogen-bond acceptors (Lipinski definition) is 5. The molecule has 1 heterocycles. The normalized spacial score (nSPS) is 27.5. The quantitative estimate of drug-likeness (QED) is 0.835. The van der Waals surface area contributed by atoms with Gasteiger partial charge in [0.15, 0.2) is 6.29 Å². The van der Waals surface area contributed by atoms with Gasteiger partial charge in [-0.05, 0) is 43.0 Å². The van der Waals surface area contributed by atoms with Crippen molar-refractivity contribution in [2.45, 2.75) is 57.7 Å². The summed E-state index contributed by atoms with van der Waals surface area (Å²) >= 11 is 0. The number of phenolic OH excluding ortho intramolecular Hbond substituents is 1. The van der Waals surface area contributed by atoms with Crippen LogP contribution in [0.25, 0.3) is 0 Å². The van der Waals surface area contributed by atoms with Crippen molar-refractivity contribution in [3.63, 3.8) is 0 Å². The second kappa shape index (κ2) is 8.11. The molecule has 1 saturated heterocycles. The Labute approximate surface area is 138 Å². The minimum Gasteiger partial charge on any atom is -0.508 e. The van der Waals surface area contributed by atoms with Gasteiger partial charge in [0, 0.05) is 26.9 Å². The summed E-state index contributed by atoms with van der Waals surface area (Å²) in [5.41, 5.74) is 3.04. The molecule has 2 rings (SSSR count). The highest BCUT2D eigenvalue weighted by Gasteiger charge is 2.47. The fourth-order valence-electron chi connectivity index (χ4n) is 3.20. The topological polar surface area (TPSA) is 57.2 Å². The number of benzene rings is 1. The monoisotopic (exact) mass is 324 g/mol. The number of phenols is 1. The van der Waals surface area contributed by atoms with Crippen molar-refractivity contribution in [3.05, 3.63) is 28.8 Å². The van der Waals surface area contributed by atoms with Crippen molar-refractivity contribution < 1.29 is 24.1 Å². The number of methoxy groups -OCH3 is 3. The van der Waals surface area contributed by atoms with Gasteiger partial charge in [0.25, 0.3) is 0 Å². The van der Waals surface area contributed by atoms with E-state index in [1.807, 2.05) is 12.1 Å². The molecule has 0 saturated carbocycles. The zero-order valence-corrected chi connectivity index (χ0v) is 14.7. The minimum atomic E-state index is -0.519. The summed E-state index contributed by atoms with van der Waals surface area (Å²) in [5, 5.41) is 10.5. The van der Waals surface area contributed by atoms with Crippen LogP contribution in [0.4, 0.5) is 0 Å². The van der Waals surface area contributed by atoms with Crippen LogP contribution in [-0.2, 0) is 25.4 Å². The Kier molecular flexibility index (Phi) is 6.41. The molecule has 1 aromatic carbocycles. The lowest BCUT2D eigenvalue weighted by molar-refractivity contribution is -0.156. The average molecular weight is 324 g/mol. The Balaban J connectivity index is 2.31. The maximum Gasteiger partial charge on any atom is 0.186 e. The summed E-state index contributed by atoms with van der Waals surface area (Å²) in [6.07, 6.45) is 1.59. The first-order valence-corrected chi connectivity index (χ1v) is 8.13. The molecule has 1 aliphatic rings. The summed E-state index contributed by atoms with van der Waals surface area (Å²) in [5.74, 6) is 0.236. The van der Waals surface area contributed by atoms with Crippen molar-refractivity contribution in [1.29, 1.82) is 0 Å². The van der Waals surface area contributed by atoms with E-state index in [4.69, 9.17) is 18.9 Å². The van der Waals surface area contributed by atoms with Crippen LogP contribution in [0, 0.1) is 6.92 Å². The van der Waals surface area contributed by atoms with E-state index in [0.29, 0.717) is 0 Å². The van der Waals surface area contributed by atoms with E-state index in [-0.39, 0.29) is 18.0 Å². The number of rotatable bonds is 7. The maximum atomic E-state index is 10.5. The molecular weight excluding hydrogens is 296 g/mol. The highest BCUT2D eigenvalue weighted by atomic mass is 16.7. The zero-order chi connectivity index (χ0) is 17.0. The highest BCUT2D eigenvalue weighted by Crippen LogP contribution is 2.41. The Morgan fingerprint density at radius 3 is 2.35 bits per heavy atom. The molecule has 1 N–H and O–H groups in total. The molecule has 0 aromatic heterocycles. The Morgan fingerprint density at radius 2 is 1.78 bits per heavy atom. The SMILES string of the molecule is CCCCc1cc(O)c(C2OC(OC)C(OC)C2OC)cc1C. The highest BCUT2D eigenvalue weighted by molar-refractivity contribution is 5.43. The lowest BCUT2D eigenvalue weighted by Gasteiger charge is -2.22. The Bertz CT molecular complexity index is 516. The molecule has 1 aromatic rings. The molecule has 1 aliphatic heterocycles.